The van der Waals surface area contributed by atoms with Gasteiger partial charge < -0.3 is 9.64 Å². The van der Waals surface area contributed by atoms with Crippen molar-refractivity contribution in [2.75, 3.05) is 26.2 Å². The van der Waals surface area contributed by atoms with Gasteiger partial charge in [0.15, 0.2) is 6.10 Å². The van der Waals surface area contributed by atoms with Crippen LogP contribution in [0.15, 0.2) is 53.4 Å². The molecule has 1 amide bonds. The molecule has 2 aromatic rings. The van der Waals surface area contributed by atoms with Crippen LogP contribution in [-0.4, -0.2) is 55.8 Å². The van der Waals surface area contributed by atoms with Crippen molar-refractivity contribution in [1.82, 2.24) is 9.21 Å². The number of nitrogens with zero attached hydrogens (tertiary/aromatic N) is 2. The minimum absolute atomic E-state index is 0.132. The van der Waals surface area contributed by atoms with Gasteiger partial charge in [-0.2, -0.15) is 4.31 Å². The van der Waals surface area contributed by atoms with Crippen LogP contribution in [0.2, 0.25) is 0 Å². The van der Waals surface area contributed by atoms with Crippen LogP contribution in [0.5, 0.6) is 5.75 Å². The summed E-state index contributed by atoms with van der Waals surface area (Å²) in [5.74, 6) is 0.514. The van der Waals surface area contributed by atoms with Gasteiger partial charge in [0.1, 0.15) is 5.75 Å². The first-order valence-corrected chi connectivity index (χ1v) is 10.8. The third kappa shape index (κ3) is 4.54. The molecular weight excluding hydrogens is 376 g/mol. The van der Waals surface area contributed by atoms with Crippen LogP contribution in [0.1, 0.15) is 18.1 Å². The molecule has 1 fully saturated rings. The molecule has 0 aliphatic carbocycles. The van der Waals surface area contributed by atoms with Crippen molar-refractivity contribution in [3.63, 3.8) is 0 Å². The number of hydrogen-bond donors (Lipinski definition) is 0. The second kappa shape index (κ2) is 8.32. The maximum atomic E-state index is 12.8. The number of amides is 1. The third-order valence-electron chi connectivity index (χ3n) is 4.89. The lowest BCUT2D eigenvalue weighted by Crippen LogP contribution is -2.53. The lowest BCUT2D eigenvalue weighted by atomic mass is 10.2. The quantitative estimate of drug-likeness (QED) is 0.771. The van der Waals surface area contributed by atoms with E-state index in [-0.39, 0.29) is 23.9 Å². The lowest BCUT2D eigenvalue weighted by Gasteiger charge is -2.35. The Morgan fingerprint density at radius 1 is 0.893 bits per heavy atom. The Bertz CT molecular complexity index is 916. The fraction of sp³-hybridized carbons (Fsp3) is 0.381. The zero-order valence-corrected chi connectivity index (χ0v) is 17.3. The van der Waals surface area contributed by atoms with Crippen LogP contribution >= 0.6 is 0 Å². The highest BCUT2D eigenvalue weighted by molar-refractivity contribution is 7.89. The van der Waals surface area contributed by atoms with E-state index in [4.69, 9.17) is 4.74 Å². The van der Waals surface area contributed by atoms with E-state index >= 15 is 0 Å². The zero-order chi connectivity index (χ0) is 20.3. The number of ether oxygens (including phenoxy) is 1. The van der Waals surface area contributed by atoms with Crippen LogP contribution in [0.25, 0.3) is 0 Å². The van der Waals surface area contributed by atoms with Gasteiger partial charge in [0.25, 0.3) is 5.91 Å². The Labute approximate surface area is 166 Å². The Morgan fingerprint density at radius 2 is 1.39 bits per heavy atom. The minimum atomic E-state index is -3.54. The van der Waals surface area contributed by atoms with E-state index in [1.165, 1.54) is 4.31 Å². The summed E-state index contributed by atoms with van der Waals surface area (Å²) in [5, 5.41) is 0. The number of benzene rings is 2. The van der Waals surface area contributed by atoms with Gasteiger partial charge in [-0.3, -0.25) is 4.79 Å². The van der Waals surface area contributed by atoms with E-state index in [0.29, 0.717) is 18.8 Å². The van der Waals surface area contributed by atoms with Crippen LogP contribution in [0.4, 0.5) is 0 Å². The van der Waals surface area contributed by atoms with E-state index in [0.717, 1.165) is 11.1 Å². The molecule has 0 saturated carbocycles. The zero-order valence-electron chi connectivity index (χ0n) is 16.5. The van der Waals surface area contributed by atoms with Crippen molar-refractivity contribution in [2.45, 2.75) is 31.8 Å². The summed E-state index contributed by atoms with van der Waals surface area (Å²) in [6, 6.07) is 14.4. The molecule has 2 aromatic carbocycles. The molecule has 0 N–H and O–H groups in total. The summed E-state index contributed by atoms with van der Waals surface area (Å²) in [4.78, 5) is 14.6. The van der Waals surface area contributed by atoms with E-state index in [9.17, 15) is 13.2 Å². The number of carbonyl (C=O) groups excluding carboxylic acids is 1. The molecule has 1 aliphatic rings. The Morgan fingerprint density at radius 3 is 1.93 bits per heavy atom. The van der Waals surface area contributed by atoms with Crippen molar-refractivity contribution < 1.29 is 17.9 Å². The summed E-state index contributed by atoms with van der Waals surface area (Å²) in [5.41, 5.74) is 2.13. The Kier molecular flexibility index (Phi) is 6.05. The molecule has 1 aliphatic heterocycles. The summed E-state index contributed by atoms with van der Waals surface area (Å²) in [6.07, 6.45) is -0.622. The molecule has 150 valence electrons. The largest absolute Gasteiger partial charge is 0.481 e. The topological polar surface area (TPSA) is 66.9 Å². The molecule has 1 atom stereocenters. The van der Waals surface area contributed by atoms with Crippen molar-refractivity contribution in [3.8, 4) is 5.75 Å². The molecule has 28 heavy (non-hydrogen) atoms. The van der Waals surface area contributed by atoms with Crippen molar-refractivity contribution in [2.24, 2.45) is 0 Å². The summed E-state index contributed by atoms with van der Waals surface area (Å²) in [6.45, 7) is 6.89. The van der Waals surface area contributed by atoms with Crippen molar-refractivity contribution >= 4 is 15.9 Å². The smallest absolute Gasteiger partial charge is 0.263 e. The number of carbonyl (C=O) groups is 1. The standard InChI is InChI=1S/C21H26N2O4S/c1-16-4-8-19(9-5-16)27-18(3)21(24)22-12-14-23(15-13-22)28(25,26)20-10-6-17(2)7-11-20/h4-11,18H,12-15H2,1-3H3/t18-/m1/s1. The van der Waals surface area contributed by atoms with E-state index in [1.807, 2.05) is 38.1 Å². The SMILES string of the molecule is Cc1ccc(O[C@H](C)C(=O)N2CCN(S(=O)(=O)c3ccc(C)cc3)CC2)cc1. The van der Waals surface area contributed by atoms with Crippen LogP contribution < -0.4 is 4.74 Å². The number of sulfonamides is 1. The monoisotopic (exact) mass is 402 g/mol. The number of aryl methyl sites for hydroxylation is 2. The van der Waals surface area contributed by atoms with Gasteiger partial charge in [0.2, 0.25) is 10.0 Å². The molecule has 6 nitrogen and oxygen atoms in total. The molecular formula is C21H26N2O4S. The van der Waals surface area contributed by atoms with Crippen molar-refractivity contribution in [3.05, 3.63) is 59.7 Å². The summed E-state index contributed by atoms with van der Waals surface area (Å²) >= 11 is 0. The summed E-state index contributed by atoms with van der Waals surface area (Å²) < 4.78 is 32.7. The number of hydrogen-bond acceptors (Lipinski definition) is 4. The van der Waals surface area contributed by atoms with E-state index in [1.54, 1.807) is 36.1 Å². The third-order valence-corrected chi connectivity index (χ3v) is 6.80. The maximum Gasteiger partial charge on any atom is 0.263 e. The molecule has 7 heteroatoms. The van der Waals surface area contributed by atoms with Crippen LogP contribution in [-0.2, 0) is 14.8 Å². The molecule has 0 radical (unpaired) electrons. The normalized spacial score (nSPS) is 16.6. The number of piperazine rings is 1. The van der Waals surface area contributed by atoms with Crippen LogP contribution in [0.3, 0.4) is 0 Å². The number of rotatable bonds is 5. The highest BCUT2D eigenvalue weighted by atomic mass is 32.2. The maximum absolute atomic E-state index is 12.8. The molecule has 1 heterocycles. The minimum Gasteiger partial charge on any atom is -0.481 e. The van der Waals surface area contributed by atoms with Gasteiger partial charge in [-0.25, -0.2) is 8.42 Å². The van der Waals surface area contributed by atoms with E-state index in [2.05, 4.69) is 0 Å². The predicted molar refractivity (Wildman–Crippen MR) is 108 cm³/mol. The molecule has 0 spiro atoms. The van der Waals surface area contributed by atoms with Crippen molar-refractivity contribution in [1.29, 1.82) is 0 Å². The molecule has 3 rings (SSSR count). The highest BCUT2D eigenvalue weighted by Gasteiger charge is 2.31. The lowest BCUT2D eigenvalue weighted by molar-refractivity contribution is -0.139. The first-order valence-electron chi connectivity index (χ1n) is 9.36. The molecule has 0 unspecified atom stereocenters. The fourth-order valence-electron chi connectivity index (χ4n) is 3.14. The Hall–Kier alpha value is -2.38. The van der Waals surface area contributed by atoms with Gasteiger partial charge in [-0.15, -0.1) is 0 Å². The average Bonchev–Trinajstić information content (AvgIpc) is 2.69. The average molecular weight is 403 g/mol. The van der Waals surface area contributed by atoms with Gasteiger partial charge in [0, 0.05) is 26.2 Å². The Balaban J connectivity index is 1.58. The summed E-state index contributed by atoms with van der Waals surface area (Å²) in [7, 11) is -3.54. The second-order valence-electron chi connectivity index (χ2n) is 7.12. The molecule has 0 bridgehead atoms. The van der Waals surface area contributed by atoms with Gasteiger partial charge >= 0.3 is 0 Å². The molecule has 0 aromatic heterocycles. The van der Waals surface area contributed by atoms with Crippen LogP contribution in [0, 0.1) is 13.8 Å². The first kappa shape index (κ1) is 20.4. The first-order chi connectivity index (χ1) is 13.3. The predicted octanol–water partition coefficient (Wildman–Crippen LogP) is 2.60. The van der Waals surface area contributed by atoms with Gasteiger partial charge in [0.05, 0.1) is 4.90 Å². The highest BCUT2D eigenvalue weighted by Crippen LogP contribution is 2.19. The van der Waals surface area contributed by atoms with Gasteiger partial charge in [-0.1, -0.05) is 35.4 Å². The molecule has 1 saturated heterocycles. The second-order valence-corrected chi connectivity index (χ2v) is 9.05. The van der Waals surface area contributed by atoms with E-state index < -0.39 is 16.1 Å². The van der Waals surface area contributed by atoms with Gasteiger partial charge in [-0.05, 0) is 45.0 Å². The fourth-order valence-corrected chi connectivity index (χ4v) is 4.56.